The molecule has 0 unspecified atom stereocenters. The average Bonchev–Trinajstić information content (AvgIpc) is 3.30. The van der Waals surface area contributed by atoms with E-state index in [0.29, 0.717) is 0 Å². The number of aromatic nitrogens is 2. The van der Waals surface area contributed by atoms with Crippen LogP contribution < -0.4 is 4.74 Å². The lowest BCUT2D eigenvalue weighted by Crippen LogP contribution is -2.15. The number of methoxy groups -OCH3 is 1. The topological polar surface area (TPSA) is 27.1 Å². The highest BCUT2D eigenvalue weighted by molar-refractivity contribution is 7.13. The molecular formula is C22H26N2OS. The molecule has 0 atom stereocenters. The van der Waals surface area contributed by atoms with Gasteiger partial charge in [0, 0.05) is 23.2 Å². The molecule has 0 radical (unpaired) electrons. The Bertz CT molecular complexity index is 874. The van der Waals surface area contributed by atoms with Gasteiger partial charge in [-0.05, 0) is 49.9 Å². The zero-order valence-corrected chi connectivity index (χ0v) is 16.4. The Morgan fingerprint density at radius 1 is 1.15 bits per heavy atom. The van der Waals surface area contributed by atoms with Crippen LogP contribution in [0.25, 0.3) is 22.0 Å². The lowest BCUT2D eigenvalue weighted by molar-refractivity contribution is 0.319. The van der Waals surface area contributed by atoms with Crippen molar-refractivity contribution >= 4 is 11.3 Å². The zero-order valence-electron chi connectivity index (χ0n) is 15.6. The van der Waals surface area contributed by atoms with E-state index in [9.17, 15) is 0 Å². The summed E-state index contributed by atoms with van der Waals surface area (Å²) in [5, 5.41) is 3.22. The van der Waals surface area contributed by atoms with E-state index in [-0.39, 0.29) is 0 Å². The van der Waals surface area contributed by atoms with Crippen LogP contribution in [0.5, 0.6) is 5.75 Å². The lowest BCUT2D eigenvalue weighted by Gasteiger charge is -2.24. The molecular weight excluding hydrogens is 340 g/mol. The van der Waals surface area contributed by atoms with Gasteiger partial charge >= 0.3 is 0 Å². The van der Waals surface area contributed by atoms with E-state index in [1.165, 1.54) is 43.5 Å². The maximum absolute atomic E-state index is 5.35. The van der Waals surface area contributed by atoms with Gasteiger partial charge in [-0.15, -0.1) is 11.3 Å². The molecule has 4 rings (SSSR count). The van der Waals surface area contributed by atoms with Gasteiger partial charge in [-0.25, -0.2) is 4.98 Å². The smallest absolute Gasteiger partial charge is 0.124 e. The van der Waals surface area contributed by atoms with E-state index in [4.69, 9.17) is 9.72 Å². The standard InChI is InChI=1S/C22H26N2OS/c1-16-11-12-21(24(16)14-17-7-4-3-5-8-17)20-15-26-22(23-20)18-9-6-10-19(13-18)25-2/h6,9-13,15,17H,3-5,7-8,14H2,1-2H3. The van der Waals surface area contributed by atoms with Gasteiger partial charge in [0.15, 0.2) is 0 Å². The molecule has 0 amide bonds. The molecule has 3 nitrogen and oxygen atoms in total. The highest BCUT2D eigenvalue weighted by Gasteiger charge is 2.18. The first-order valence-corrected chi connectivity index (χ1v) is 10.4. The van der Waals surface area contributed by atoms with Crippen LogP contribution >= 0.6 is 11.3 Å². The van der Waals surface area contributed by atoms with Gasteiger partial charge in [0.2, 0.25) is 0 Å². The summed E-state index contributed by atoms with van der Waals surface area (Å²) in [6.45, 7) is 3.34. The summed E-state index contributed by atoms with van der Waals surface area (Å²) >= 11 is 1.70. The number of rotatable bonds is 5. The molecule has 1 aliphatic carbocycles. The van der Waals surface area contributed by atoms with Gasteiger partial charge in [0.1, 0.15) is 10.8 Å². The van der Waals surface area contributed by atoms with Crippen molar-refractivity contribution in [3.8, 4) is 27.7 Å². The number of aryl methyl sites for hydroxylation is 1. The van der Waals surface area contributed by atoms with Crippen LogP contribution in [0.2, 0.25) is 0 Å². The van der Waals surface area contributed by atoms with Crippen LogP contribution in [0.3, 0.4) is 0 Å². The fourth-order valence-electron chi connectivity index (χ4n) is 3.94. The minimum atomic E-state index is 0.810. The van der Waals surface area contributed by atoms with Crippen LogP contribution in [0.4, 0.5) is 0 Å². The fourth-order valence-corrected chi connectivity index (χ4v) is 4.75. The number of benzene rings is 1. The van der Waals surface area contributed by atoms with Crippen LogP contribution in [0.1, 0.15) is 37.8 Å². The molecule has 2 aromatic heterocycles. The first-order valence-electron chi connectivity index (χ1n) is 9.51. The fraction of sp³-hybridized carbons (Fsp3) is 0.409. The molecule has 0 saturated heterocycles. The molecule has 0 bridgehead atoms. The monoisotopic (exact) mass is 366 g/mol. The first kappa shape index (κ1) is 17.3. The SMILES string of the molecule is COc1cccc(-c2nc(-c3ccc(C)n3CC3CCCCC3)cs2)c1. The van der Waals surface area contributed by atoms with E-state index in [0.717, 1.165) is 34.5 Å². The number of ether oxygens (including phenoxy) is 1. The molecule has 0 N–H and O–H groups in total. The molecule has 1 saturated carbocycles. The van der Waals surface area contributed by atoms with Crippen LogP contribution in [0.15, 0.2) is 41.8 Å². The summed E-state index contributed by atoms with van der Waals surface area (Å²) in [4.78, 5) is 4.94. The minimum absolute atomic E-state index is 0.810. The highest BCUT2D eigenvalue weighted by atomic mass is 32.1. The van der Waals surface area contributed by atoms with Crippen LogP contribution in [-0.2, 0) is 6.54 Å². The Morgan fingerprint density at radius 3 is 2.81 bits per heavy atom. The molecule has 2 heterocycles. The quantitative estimate of drug-likeness (QED) is 0.539. The maximum Gasteiger partial charge on any atom is 0.124 e. The predicted molar refractivity (Wildman–Crippen MR) is 109 cm³/mol. The maximum atomic E-state index is 5.35. The molecule has 26 heavy (non-hydrogen) atoms. The predicted octanol–water partition coefficient (Wildman–Crippen LogP) is 6.18. The van der Waals surface area contributed by atoms with Gasteiger partial charge in [-0.2, -0.15) is 0 Å². The summed E-state index contributed by atoms with van der Waals surface area (Å²) in [6.07, 6.45) is 6.91. The van der Waals surface area contributed by atoms with Crippen molar-refractivity contribution in [1.29, 1.82) is 0 Å². The van der Waals surface area contributed by atoms with E-state index < -0.39 is 0 Å². The molecule has 3 aromatic rings. The lowest BCUT2D eigenvalue weighted by atomic mass is 9.89. The summed E-state index contributed by atoms with van der Waals surface area (Å²) < 4.78 is 7.82. The van der Waals surface area contributed by atoms with E-state index >= 15 is 0 Å². The molecule has 1 aromatic carbocycles. The Balaban J connectivity index is 1.61. The van der Waals surface area contributed by atoms with Gasteiger partial charge in [-0.3, -0.25) is 0 Å². The Hall–Kier alpha value is -2.07. The number of hydrogen-bond acceptors (Lipinski definition) is 3. The second-order valence-corrected chi connectivity index (χ2v) is 8.10. The summed E-state index contributed by atoms with van der Waals surface area (Å²) in [7, 11) is 1.70. The van der Waals surface area contributed by atoms with Crippen LogP contribution in [-0.4, -0.2) is 16.7 Å². The summed E-state index contributed by atoms with van der Waals surface area (Å²) in [5.41, 5.74) is 4.78. The molecule has 0 aliphatic heterocycles. The number of thiazole rings is 1. The van der Waals surface area contributed by atoms with Crippen molar-refractivity contribution in [2.24, 2.45) is 5.92 Å². The Labute approximate surface area is 159 Å². The van der Waals surface area contributed by atoms with Crippen molar-refractivity contribution < 1.29 is 4.74 Å². The summed E-state index contributed by atoms with van der Waals surface area (Å²) in [6, 6.07) is 12.6. The van der Waals surface area contributed by atoms with E-state index in [2.05, 4.69) is 41.1 Å². The molecule has 4 heteroatoms. The van der Waals surface area contributed by atoms with Crippen molar-refractivity contribution in [1.82, 2.24) is 9.55 Å². The summed E-state index contributed by atoms with van der Waals surface area (Å²) in [5.74, 6) is 1.68. The van der Waals surface area contributed by atoms with Crippen molar-refractivity contribution in [2.45, 2.75) is 45.6 Å². The third-order valence-electron chi connectivity index (χ3n) is 5.45. The Kier molecular flexibility index (Phi) is 5.11. The third kappa shape index (κ3) is 3.56. The van der Waals surface area contributed by atoms with Crippen molar-refractivity contribution in [3.05, 3.63) is 47.5 Å². The molecule has 1 fully saturated rings. The zero-order chi connectivity index (χ0) is 17.9. The number of hydrogen-bond donors (Lipinski definition) is 0. The first-order chi connectivity index (χ1) is 12.7. The third-order valence-corrected chi connectivity index (χ3v) is 6.34. The van der Waals surface area contributed by atoms with Gasteiger partial charge in [0.25, 0.3) is 0 Å². The van der Waals surface area contributed by atoms with Crippen LogP contribution in [0, 0.1) is 12.8 Å². The largest absolute Gasteiger partial charge is 0.497 e. The minimum Gasteiger partial charge on any atom is -0.497 e. The molecule has 1 aliphatic rings. The second-order valence-electron chi connectivity index (χ2n) is 7.24. The molecule has 136 valence electrons. The van der Waals surface area contributed by atoms with E-state index in [1.54, 1.807) is 18.4 Å². The van der Waals surface area contributed by atoms with Crippen molar-refractivity contribution in [2.75, 3.05) is 7.11 Å². The second kappa shape index (κ2) is 7.67. The van der Waals surface area contributed by atoms with E-state index in [1.807, 2.05) is 12.1 Å². The number of nitrogens with zero attached hydrogens (tertiary/aromatic N) is 2. The van der Waals surface area contributed by atoms with Gasteiger partial charge < -0.3 is 9.30 Å². The molecule has 0 spiro atoms. The average molecular weight is 367 g/mol. The highest BCUT2D eigenvalue weighted by Crippen LogP contribution is 2.33. The van der Waals surface area contributed by atoms with Crippen molar-refractivity contribution in [3.63, 3.8) is 0 Å². The van der Waals surface area contributed by atoms with Gasteiger partial charge in [-0.1, -0.05) is 31.4 Å². The normalized spacial score (nSPS) is 15.3. The Morgan fingerprint density at radius 2 is 2.00 bits per heavy atom. The van der Waals surface area contributed by atoms with Gasteiger partial charge in [0.05, 0.1) is 18.5 Å².